The van der Waals surface area contributed by atoms with Crippen molar-refractivity contribution in [1.29, 1.82) is 0 Å². The van der Waals surface area contributed by atoms with Crippen LogP contribution >= 0.6 is 12.2 Å². The summed E-state index contributed by atoms with van der Waals surface area (Å²) in [6, 6.07) is 15.5. The van der Waals surface area contributed by atoms with Crippen LogP contribution in [0.4, 0.5) is 11.4 Å². The maximum Gasteiger partial charge on any atom is 0.243 e. The van der Waals surface area contributed by atoms with E-state index < -0.39 is 10.0 Å². The van der Waals surface area contributed by atoms with Crippen molar-refractivity contribution in [1.82, 2.24) is 9.62 Å². The number of nitrogens with zero attached hydrogens (tertiary/aromatic N) is 2. The van der Waals surface area contributed by atoms with Crippen molar-refractivity contribution in [3.05, 3.63) is 54.1 Å². The molecule has 6 nitrogen and oxygen atoms in total. The number of anilines is 2. The molecule has 0 aromatic heterocycles. The van der Waals surface area contributed by atoms with Gasteiger partial charge in [0.2, 0.25) is 10.0 Å². The summed E-state index contributed by atoms with van der Waals surface area (Å²) < 4.78 is 27.5. The average Bonchev–Trinajstić information content (AvgIpc) is 3.30. The molecule has 1 saturated heterocycles. The molecule has 0 spiro atoms. The molecule has 1 aliphatic heterocycles. The van der Waals surface area contributed by atoms with Gasteiger partial charge in [0.25, 0.3) is 0 Å². The van der Waals surface area contributed by atoms with Crippen molar-refractivity contribution in [3.8, 4) is 0 Å². The van der Waals surface area contributed by atoms with Crippen molar-refractivity contribution in [2.75, 3.05) is 42.9 Å². The molecule has 0 atom stereocenters. The second-order valence-corrected chi connectivity index (χ2v) is 9.93. The van der Waals surface area contributed by atoms with Crippen LogP contribution in [0.3, 0.4) is 0 Å². The van der Waals surface area contributed by atoms with Gasteiger partial charge in [0.05, 0.1) is 16.3 Å². The molecule has 3 rings (SSSR count). The summed E-state index contributed by atoms with van der Waals surface area (Å²) in [5.41, 5.74) is 2.96. The lowest BCUT2D eigenvalue weighted by atomic mass is 10.1. The molecule has 0 aliphatic carbocycles. The van der Waals surface area contributed by atoms with E-state index in [0.717, 1.165) is 43.7 Å². The first-order valence-corrected chi connectivity index (χ1v) is 12.8. The highest BCUT2D eigenvalue weighted by atomic mass is 32.2. The average molecular weight is 461 g/mol. The van der Waals surface area contributed by atoms with Crippen LogP contribution in [0.5, 0.6) is 0 Å². The predicted octanol–water partition coefficient (Wildman–Crippen LogP) is 3.85. The van der Waals surface area contributed by atoms with Gasteiger partial charge in [-0.1, -0.05) is 44.2 Å². The standard InChI is InChI=1S/C23H32N4O2S2/c1-3-27(4-2)31(28,29)20-12-13-22(26-16-8-9-17-26)21(18-20)25-23(30)24-15-14-19-10-6-5-7-11-19/h5-7,10-13,18H,3-4,8-9,14-17H2,1-2H3,(H2,24,25,30). The van der Waals surface area contributed by atoms with Gasteiger partial charge in [0.15, 0.2) is 5.11 Å². The number of hydrogen-bond donors (Lipinski definition) is 2. The molecule has 8 heteroatoms. The smallest absolute Gasteiger partial charge is 0.243 e. The van der Waals surface area contributed by atoms with Gasteiger partial charge in [-0.05, 0) is 55.2 Å². The fourth-order valence-corrected chi connectivity index (χ4v) is 5.55. The van der Waals surface area contributed by atoms with Crippen LogP contribution < -0.4 is 15.5 Å². The molecular weight excluding hydrogens is 428 g/mol. The topological polar surface area (TPSA) is 64.7 Å². The molecule has 31 heavy (non-hydrogen) atoms. The Morgan fingerprint density at radius 2 is 1.74 bits per heavy atom. The summed E-state index contributed by atoms with van der Waals surface area (Å²) in [5.74, 6) is 0. The molecule has 0 unspecified atom stereocenters. The first-order chi connectivity index (χ1) is 15.0. The minimum absolute atomic E-state index is 0.286. The number of thiocarbonyl (C=S) groups is 1. The zero-order valence-electron chi connectivity index (χ0n) is 18.3. The molecule has 2 aromatic rings. The van der Waals surface area contributed by atoms with Gasteiger partial charge < -0.3 is 15.5 Å². The predicted molar refractivity (Wildman–Crippen MR) is 132 cm³/mol. The van der Waals surface area contributed by atoms with Crippen molar-refractivity contribution >= 4 is 38.7 Å². The van der Waals surface area contributed by atoms with E-state index in [1.807, 2.05) is 38.1 Å². The lowest BCUT2D eigenvalue weighted by Gasteiger charge is -2.24. The Bertz CT molecular complexity index is 970. The van der Waals surface area contributed by atoms with Gasteiger partial charge in [-0.15, -0.1) is 0 Å². The van der Waals surface area contributed by atoms with Crippen molar-refractivity contribution in [3.63, 3.8) is 0 Å². The van der Waals surface area contributed by atoms with Crippen LogP contribution in [-0.2, 0) is 16.4 Å². The molecule has 0 amide bonds. The van der Waals surface area contributed by atoms with E-state index in [9.17, 15) is 8.42 Å². The van der Waals surface area contributed by atoms with Gasteiger partial charge in [-0.2, -0.15) is 4.31 Å². The third-order valence-corrected chi connectivity index (χ3v) is 7.84. The van der Waals surface area contributed by atoms with E-state index >= 15 is 0 Å². The first-order valence-electron chi connectivity index (χ1n) is 10.9. The second kappa shape index (κ2) is 10.9. The van der Waals surface area contributed by atoms with E-state index in [1.54, 1.807) is 12.1 Å². The van der Waals surface area contributed by atoms with Gasteiger partial charge in [-0.25, -0.2) is 8.42 Å². The Morgan fingerprint density at radius 1 is 1.06 bits per heavy atom. The largest absolute Gasteiger partial charge is 0.370 e. The third kappa shape index (κ3) is 5.96. The number of hydrogen-bond acceptors (Lipinski definition) is 4. The summed E-state index contributed by atoms with van der Waals surface area (Å²) in [6.45, 7) is 7.21. The van der Waals surface area contributed by atoms with E-state index in [2.05, 4.69) is 27.7 Å². The fraction of sp³-hybridized carbons (Fsp3) is 0.435. The molecule has 1 aliphatic rings. The van der Waals surface area contributed by atoms with Crippen LogP contribution in [0.2, 0.25) is 0 Å². The Morgan fingerprint density at radius 3 is 2.39 bits per heavy atom. The lowest BCUT2D eigenvalue weighted by Crippen LogP contribution is -2.32. The Hall–Kier alpha value is -2.16. The van der Waals surface area contributed by atoms with Crippen LogP contribution in [0.15, 0.2) is 53.4 Å². The third-order valence-electron chi connectivity index (χ3n) is 5.55. The lowest BCUT2D eigenvalue weighted by molar-refractivity contribution is 0.445. The normalized spacial score (nSPS) is 14.1. The molecular formula is C23H32N4O2S2. The minimum Gasteiger partial charge on any atom is -0.370 e. The quantitative estimate of drug-likeness (QED) is 0.554. The van der Waals surface area contributed by atoms with Gasteiger partial charge in [0.1, 0.15) is 0 Å². The summed E-state index contributed by atoms with van der Waals surface area (Å²) in [4.78, 5) is 2.57. The van der Waals surface area contributed by atoms with Crippen LogP contribution in [-0.4, -0.2) is 50.6 Å². The van der Waals surface area contributed by atoms with Crippen LogP contribution in [0.25, 0.3) is 0 Å². The molecule has 0 saturated carbocycles. The Balaban J connectivity index is 1.77. The highest BCUT2D eigenvalue weighted by molar-refractivity contribution is 7.89. The van der Waals surface area contributed by atoms with E-state index in [-0.39, 0.29) is 4.90 Å². The zero-order valence-corrected chi connectivity index (χ0v) is 19.9. The number of nitrogens with one attached hydrogen (secondary N) is 2. The number of benzene rings is 2. The number of sulfonamides is 1. The summed E-state index contributed by atoms with van der Waals surface area (Å²) in [7, 11) is -3.54. The van der Waals surface area contributed by atoms with E-state index in [4.69, 9.17) is 12.2 Å². The summed E-state index contributed by atoms with van der Waals surface area (Å²) in [5, 5.41) is 6.99. The maximum atomic E-state index is 13.0. The zero-order chi connectivity index (χ0) is 22.3. The van der Waals surface area contributed by atoms with Crippen molar-refractivity contribution in [2.45, 2.75) is 38.0 Å². The second-order valence-electron chi connectivity index (χ2n) is 7.58. The van der Waals surface area contributed by atoms with Crippen LogP contribution in [0.1, 0.15) is 32.3 Å². The summed E-state index contributed by atoms with van der Waals surface area (Å²) in [6.07, 6.45) is 3.13. The van der Waals surface area contributed by atoms with Crippen molar-refractivity contribution in [2.24, 2.45) is 0 Å². The fourth-order valence-electron chi connectivity index (χ4n) is 3.85. The molecule has 0 radical (unpaired) electrons. The Kier molecular flexibility index (Phi) is 8.28. The van der Waals surface area contributed by atoms with E-state index in [0.29, 0.717) is 24.7 Å². The monoisotopic (exact) mass is 460 g/mol. The van der Waals surface area contributed by atoms with E-state index in [1.165, 1.54) is 9.87 Å². The highest BCUT2D eigenvalue weighted by Crippen LogP contribution is 2.32. The molecule has 2 N–H and O–H groups in total. The van der Waals surface area contributed by atoms with Gasteiger partial charge in [-0.3, -0.25) is 0 Å². The first kappa shape index (κ1) is 23.5. The SMILES string of the molecule is CCN(CC)S(=O)(=O)c1ccc(N2CCCC2)c(NC(=S)NCCc2ccccc2)c1. The van der Waals surface area contributed by atoms with Gasteiger partial charge in [0, 0.05) is 32.7 Å². The molecule has 1 fully saturated rings. The van der Waals surface area contributed by atoms with Crippen LogP contribution in [0, 0.1) is 0 Å². The summed E-state index contributed by atoms with van der Waals surface area (Å²) >= 11 is 5.52. The highest BCUT2D eigenvalue weighted by Gasteiger charge is 2.24. The molecule has 1 heterocycles. The molecule has 168 valence electrons. The minimum atomic E-state index is -3.54. The number of rotatable bonds is 9. The molecule has 2 aromatic carbocycles. The Labute approximate surface area is 191 Å². The van der Waals surface area contributed by atoms with Gasteiger partial charge >= 0.3 is 0 Å². The molecule has 0 bridgehead atoms. The maximum absolute atomic E-state index is 13.0. The van der Waals surface area contributed by atoms with Crippen molar-refractivity contribution < 1.29 is 8.42 Å².